The Labute approximate surface area is 162 Å². The molecule has 2 aliphatic rings. The predicted molar refractivity (Wildman–Crippen MR) is 107 cm³/mol. The molecular weight excluding hydrogens is 342 g/mol. The number of carbonyl (C=O) groups is 2. The van der Waals surface area contributed by atoms with Crippen molar-refractivity contribution >= 4 is 11.8 Å². The molecule has 0 saturated carbocycles. The summed E-state index contributed by atoms with van der Waals surface area (Å²) in [6.45, 7) is 13.9. The smallest absolute Gasteiger partial charge is 0.261 e. The molecule has 27 heavy (non-hydrogen) atoms. The van der Waals surface area contributed by atoms with Gasteiger partial charge in [-0.1, -0.05) is 52.5 Å². The lowest BCUT2D eigenvalue weighted by molar-refractivity contribution is -0.0186. The molecule has 2 amide bonds. The number of nitrogens with zero attached hydrogens (tertiary/aromatic N) is 1. The summed E-state index contributed by atoms with van der Waals surface area (Å²) in [5.74, 6) is 0.597. The average Bonchev–Trinajstić information content (AvgIpc) is 2.97. The van der Waals surface area contributed by atoms with Gasteiger partial charge in [0, 0.05) is 0 Å². The van der Waals surface area contributed by atoms with Crippen molar-refractivity contribution < 1.29 is 19.1 Å². The Hall–Kier alpha value is -2.82. The molecule has 2 heterocycles. The highest BCUT2D eigenvalue weighted by Gasteiger charge is 2.38. The summed E-state index contributed by atoms with van der Waals surface area (Å²) in [5, 5.41) is 0. The van der Waals surface area contributed by atoms with Gasteiger partial charge in [-0.3, -0.25) is 14.5 Å². The third-order valence-corrected chi connectivity index (χ3v) is 3.76. The highest BCUT2D eigenvalue weighted by atomic mass is 16.6. The Morgan fingerprint density at radius 1 is 1.07 bits per heavy atom. The van der Waals surface area contributed by atoms with Gasteiger partial charge in [-0.15, -0.1) is 0 Å². The molecule has 1 aromatic carbocycles. The van der Waals surface area contributed by atoms with Crippen molar-refractivity contribution in [3.8, 4) is 0 Å². The molecule has 0 aromatic heterocycles. The minimum Gasteiger partial charge on any atom is -0.486 e. The van der Waals surface area contributed by atoms with E-state index in [2.05, 4.69) is 6.58 Å². The molecule has 1 aromatic rings. The van der Waals surface area contributed by atoms with E-state index in [1.165, 1.54) is 4.90 Å². The second-order valence-corrected chi connectivity index (χ2v) is 5.24. The van der Waals surface area contributed by atoms with Crippen LogP contribution < -0.4 is 0 Å². The van der Waals surface area contributed by atoms with Gasteiger partial charge in [0.25, 0.3) is 11.8 Å². The highest BCUT2D eigenvalue weighted by molar-refractivity contribution is 6.21. The number of amides is 2. The lowest BCUT2D eigenvalue weighted by Crippen LogP contribution is -2.41. The summed E-state index contributed by atoms with van der Waals surface area (Å²) < 4.78 is 11.5. The van der Waals surface area contributed by atoms with E-state index in [1.807, 2.05) is 34.6 Å². The summed E-state index contributed by atoms with van der Waals surface area (Å²) in [6, 6.07) is 6.82. The van der Waals surface area contributed by atoms with Crippen LogP contribution in [0.1, 0.15) is 55.3 Å². The second-order valence-electron chi connectivity index (χ2n) is 5.24. The van der Waals surface area contributed by atoms with Crippen LogP contribution in [0.2, 0.25) is 0 Å². The Morgan fingerprint density at radius 2 is 1.63 bits per heavy atom. The van der Waals surface area contributed by atoms with Crippen LogP contribution in [0.25, 0.3) is 0 Å². The molecule has 3 rings (SSSR count). The molecule has 0 aliphatic carbocycles. The van der Waals surface area contributed by atoms with Crippen molar-refractivity contribution in [2.45, 2.75) is 40.7 Å². The molecule has 0 N–H and O–H groups in total. The normalized spacial score (nSPS) is 20.6. The molecule has 0 bridgehead atoms. The van der Waals surface area contributed by atoms with Gasteiger partial charge in [-0.2, -0.15) is 0 Å². The standard InChI is InChI=1S/C18H17NO4.2C2H6/c1-3-7-16-15(4-2)22-11-12(23-16)10-19-17(20)13-8-5-6-9-14(13)18(19)21;2*1-2/h3-9,12H,1,10-11H2,2H3;2*1-2H3/b15-4+,16-7+;;. The van der Waals surface area contributed by atoms with Crippen molar-refractivity contribution in [1.29, 1.82) is 0 Å². The Bertz CT molecular complexity index is 699. The molecule has 0 radical (unpaired) electrons. The second kappa shape index (κ2) is 11.0. The maximum absolute atomic E-state index is 12.4. The largest absolute Gasteiger partial charge is 0.486 e. The van der Waals surface area contributed by atoms with E-state index in [4.69, 9.17) is 9.47 Å². The fraction of sp³-hybridized carbons (Fsp3) is 0.364. The van der Waals surface area contributed by atoms with Crippen LogP contribution in [-0.4, -0.2) is 36.0 Å². The quantitative estimate of drug-likeness (QED) is 0.721. The minimum absolute atomic E-state index is 0.151. The molecular formula is C22H29NO4. The predicted octanol–water partition coefficient (Wildman–Crippen LogP) is 4.72. The van der Waals surface area contributed by atoms with Gasteiger partial charge in [-0.25, -0.2) is 0 Å². The summed E-state index contributed by atoms with van der Waals surface area (Å²) in [7, 11) is 0. The molecule has 1 atom stereocenters. The van der Waals surface area contributed by atoms with Crippen LogP contribution in [0, 0.1) is 0 Å². The van der Waals surface area contributed by atoms with Crippen LogP contribution in [0.15, 0.2) is 60.6 Å². The topological polar surface area (TPSA) is 55.8 Å². The van der Waals surface area contributed by atoms with Gasteiger partial charge in [0.15, 0.2) is 17.6 Å². The van der Waals surface area contributed by atoms with Gasteiger partial charge in [0.2, 0.25) is 0 Å². The van der Waals surface area contributed by atoms with E-state index < -0.39 is 6.10 Å². The number of ether oxygens (including phenoxy) is 2. The Kier molecular flexibility index (Phi) is 9.06. The molecule has 1 fully saturated rings. The molecule has 2 aliphatic heterocycles. The number of hydrogen-bond donors (Lipinski definition) is 0. The number of benzene rings is 1. The fourth-order valence-electron chi connectivity index (χ4n) is 2.68. The number of imide groups is 1. The van der Waals surface area contributed by atoms with Crippen molar-refractivity contribution in [2.75, 3.05) is 13.2 Å². The maximum Gasteiger partial charge on any atom is 0.261 e. The van der Waals surface area contributed by atoms with E-state index in [9.17, 15) is 9.59 Å². The zero-order valence-corrected chi connectivity index (χ0v) is 16.8. The fourth-order valence-corrected chi connectivity index (χ4v) is 2.68. The third kappa shape index (κ3) is 4.88. The van der Waals surface area contributed by atoms with E-state index in [1.54, 1.807) is 42.5 Å². The summed E-state index contributed by atoms with van der Waals surface area (Å²) in [4.78, 5) is 26.0. The van der Waals surface area contributed by atoms with Gasteiger partial charge in [0.05, 0.1) is 17.7 Å². The first kappa shape index (κ1) is 22.2. The molecule has 0 spiro atoms. The number of rotatable bonds is 3. The first-order valence-electron chi connectivity index (χ1n) is 9.39. The van der Waals surface area contributed by atoms with Crippen molar-refractivity contribution in [1.82, 2.24) is 4.90 Å². The van der Waals surface area contributed by atoms with Crippen molar-refractivity contribution in [3.63, 3.8) is 0 Å². The highest BCUT2D eigenvalue weighted by Crippen LogP contribution is 2.26. The van der Waals surface area contributed by atoms with E-state index in [-0.39, 0.29) is 25.0 Å². The zero-order chi connectivity index (χ0) is 20.4. The van der Waals surface area contributed by atoms with Crippen molar-refractivity contribution in [3.05, 3.63) is 71.7 Å². The number of hydrogen-bond acceptors (Lipinski definition) is 4. The maximum atomic E-state index is 12.4. The first-order valence-corrected chi connectivity index (χ1v) is 9.39. The lowest BCUT2D eigenvalue weighted by atomic mass is 10.1. The van der Waals surface area contributed by atoms with Gasteiger partial charge in [-0.05, 0) is 31.2 Å². The number of carbonyl (C=O) groups excluding carboxylic acids is 2. The molecule has 5 nitrogen and oxygen atoms in total. The van der Waals surface area contributed by atoms with Crippen LogP contribution in [0.4, 0.5) is 0 Å². The minimum atomic E-state index is -0.410. The van der Waals surface area contributed by atoms with E-state index in [0.717, 1.165) is 0 Å². The van der Waals surface area contributed by atoms with Crippen LogP contribution in [-0.2, 0) is 9.47 Å². The molecule has 5 heteroatoms. The lowest BCUT2D eigenvalue weighted by Gasteiger charge is -2.30. The monoisotopic (exact) mass is 371 g/mol. The Morgan fingerprint density at radius 3 is 2.11 bits per heavy atom. The van der Waals surface area contributed by atoms with E-state index >= 15 is 0 Å². The van der Waals surface area contributed by atoms with Gasteiger partial charge >= 0.3 is 0 Å². The first-order chi connectivity index (χ1) is 13.2. The summed E-state index contributed by atoms with van der Waals surface area (Å²) in [5.41, 5.74) is 0.871. The van der Waals surface area contributed by atoms with Crippen LogP contribution >= 0.6 is 0 Å². The SMILES string of the molecule is C=C/C=C1/OC(CN2C(=O)c3ccccc3C2=O)CO/C1=C/C.CC.CC. The van der Waals surface area contributed by atoms with Gasteiger partial charge < -0.3 is 9.47 Å². The summed E-state index contributed by atoms with van der Waals surface area (Å²) >= 11 is 0. The van der Waals surface area contributed by atoms with Crippen molar-refractivity contribution in [2.24, 2.45) is 0 Å². The molecule has 146 valence electrons. The zero-order valence-electron chi connectivity index (χ0n) is 16.8. The van der Waals surface area contributed by atoms with E-state index in [0.29, 0.717) is 22.6 Å². The van der Waals surface area contributed by atoms with Crippen LogP contribution in [0.5, 0.6) is 0 Å². The third-order valence-electron chi connectivity index (χ3n) is 3.76. The molecule has 1 saturated heterocycles. The number of allylic oxidation sites excluding steroid dienone is 3. The Balaban J connectivity index is 0.000000855. The number of fused-ring (bicyclic) bond motifs is 1. The summed E-state index contributed by atoms with van der Waals surface area (Å²) in [6.07, 6.45) is 4.69. The van der Waals surface area contributed by atoms with Crippen LogP contribution in [0.3, 0.4) is 0 Å². The van der Waals surface area contributed by atoms with Gasteiger partial charge in [0.1, 0.15) is 6.61 Å². The molecule has 1 unspecified atom stereocenters. The average molecular weight is 371 g/mol.